The van der Waals surface area contributed by atoms with E-state index in [4.69, 9.17) is 10.8 Å². The molecule has 0 atom stereocenters. The smallest absolute Gasteiger partial charge is 0.328 e. The van der Waals surface area contributed by atoms with Gasteiger partial charge in [0.1, 0.15) is 5.54 Å². The lowest BCUT2D eigenvalue weighted by atomic mass is 10.1. The Bertz CT molecular complexity index is 472. The summed E-state index contributed by atoms with van der Waals surface area (Å²) < 4.78 is 0.561. The molecule has 17 heavy (non-hydrogen) atoms. The van der Waals surface area contributed by atoms with Crippen molar-refractivity contribution in [2.45, 2.75) is 19.4 Å². The summed E-state index contributed by atoms with van der Waals surface area (Å²) in [5, 5.41) is 11.3. The number of carboxylic acids is 1. The summed E-state index contributed by atoms with van der Waals surface area (Å²) in [6.07, 6.45) is 0. The van der Waals surface area contributed by atoms with Gasteiger partial charge in [-0.1, -0.05) is 0 Å². The van der Waals surface area contributed by atoms with Crippen molar-refractivity contribution < 1.29 is 14.7 Å². The van der Waals surface area contributed by atoms with Crippen molar-refractivity contribution in [2.75, 3.05) is 5.73 Å². The molecule has 5 nitrogen and oxygen atoms in total. The number of aliphatic carboxylic acids is 1. The Balaban J connectivity index is 2.98. The van der Waals surface area contributed by atoms with E-state index in [1.807, 2.05) is 0 Å². The van der Waals surface area contributed by atoms with Crippen molar-refractivity contribution in [3.8, 4) is 0 Å². The number of rotatable bonds is 3. The molecule has 0 aliphatic carbocycles. The zero-order chi connectivity index (χ0) is 13.2. The van der Waals surface area contributed by atoms with E-state index in [1.54, 1.807) is 12.1 Å². The summed E-state index contributed by atoms with van der Waals surface area (Å²) in [7, 11) is 0. The van der Waals surface area contributed by atoms with Gasteiger partial charge >= 0.3 is 5.97 Å². The van der Waals surface area contributed by atoms with E-state index in [-0.39, 0.29) is 0 Å². The predicted octanol–water partition coefficient (Wildman–Crippen LogP) is 1.62. The number of nitrogens with two attached hydrogens (primary N) is 1. The predicted molar refractivity (Wildman–Crippen MR) is 67.7 cm³/mol. The summed E-state index contributed by atoms with van der Waals surface area (Å²) in [5.74, 6) is -1.59. The topological polar surface area (TPSA) is 92.4 Å². The van der Waals surface area contributed by atoms with E-state index in [0.717, 1.165) is 0 Å². The highest BCUT2D eigenvalue weighted by Crippen LogP contribution is 2.20. The van der Waals surface area contributed by atoms with Crippen molar-refractivity contribution in [1.29, 1.82) is 0 Å². The van der Waals surface area contributed by atoms with Gasteiger partial charge in [-0.05, 0) is 48.0 Å². The Kier molecular flexibility index (Phi) is 3.77. The molecular weight excluding hydrogens is 288 g/mol. The normalized spacial score (nSPS) is 11.0. The number of hydrogen-bond donors (Lipinski definition) is 3. The van der Waals surface area contributed by atoms with Crippen molar-refractivity contribution >= 4 is 33.5 Å². The standard InChI is InChI=1S/C11H13BrN2O3/c1-11(2,10(16)17)14-9(15)7-5-6(13)3-4-8(7)12/h3-5H,13H2,1-2H3,(H,14,15)(H,16,17). The number of amides is 1. The summed E-state index contributed by atoms with van der Waals surface area (Å²) in [6.45, 7) is 2.82. The number of carbonyl (C=O) groups is 2. The highest BCUT2D eigenvalue weighted by atomic mass is 79.9. The number of hydrogen-bond acceptors (Lipinski definition) is 3. The van der Waals surface area contributed by atoms with Crippen LogP contribution in [0, 0.1) is 0 Å². The van der Waals surface area contributed by atoms with Crippen LogP contribution in [0.4, 0.5) is 5.69 Å². The molecule has 92 valence electrons. The van der Waals surface area contributed by atoms with E-state index < -0.39 is 17.4 Å². The molecule has 0 saturated carbocycles. The first-order chi connectivity index (χ1) is 7.74. The maximum atomic E-state index is 11.9. The molecule has 0 spiro atoms. The molecule has 0 aliphatic heterocycles. The SMILES string of the molecule is CC(C)(NC(=O)c1cc(N)ccc1Br)C(=O)O. The van der Waals surface area contributed by atoms with Gasteiger partial charge in [-0.15, -0.1) is 0 Å². The fourth-order valence-electron chi connectivity index (χ4n) is 1.12. The zero-order valence-corrected chi connectivity index (χ0v) is 11.0. The molecule has 1 aromatic carbocycles. The van der Waals surface area contributed by atoms with Crippen LogP contribution in [0.2, 0.25) is 0 Å². The van der Waals surface area contributed by atoms with Gasteiger partial charge in [0.15, 0.2) is 0 Å². The second-order valence-corrected chi connectivity index (χ2v) is 4.98. The number of carbonyl (C=O) groups excluding carboxylic acids is 1. The van der Waals surface area contributed by atoms with Crippen molar-refractivity contribution in [2.24, 2.45) is 0 Å². The fraction of sp³-hybridized carbons (Fsp3) is 0.273. The van der Waals surface area contributed by atoms with Crippen LogP contribution in [-0.2, 0) is 4.79 Å². The molecule has 0 fully saturated rings. The molecule has 0 saturated heterocycles. The number of anilines is 1. The van der Waals surface area contributed by atoms with Gasteiger partial charge in [0.2, 0.25) is 0 Å². The Labute approximate surface area is 107 Å². The van der Waals surface area contributed by atoms with Gasteiger partial charge in [-0.25, -0.2) is 4.79 Å². The minimum atomic E-state index is -1.33. The first-order valence-electron chi connectivity index (χ1n) is 4.85. The van der Waals surface area contributed by atoms with Crippen LogP contribution in [0.5, 0.6) is 0 Å². The van der Waals surface area contributed by atoms with Gasteiger partial charge in [-0.2, -0.15) is 0 Å². The molecule has 0 bridgehead atoms. The summed E-state index contributed by atoms with van der Waals surface area (Å²) in [4.78, 5) is 22.8. The third kappa shape index (κ3) is 3.20. The Morgan fingerprint density at radius 1 is 1.41 bits per heavy atom. The minimum Gasteiger partial charge on any atom is -0.480 e. The van der Waals surface area contributed by atoms with E-state index in [1.165, 1.54) is 19.9 Å². The number of halogens is 1. The maximum absolute atomic E-state index is 11.9. The lowest BCUT2D eigenvalue weighted by Gasteiger charge is -2.21. The Hall–Kier alpha value is -1.56. The Morgan fingerprint density at radius 3 is 2.53 bits per heavy atom. The summed E-state index contributed by atoms with van der Waals surface area (Å²) in [6, 6.07) is 4.76. The van der Waals surface area contributed by atoms with Crippen molar-refractivity contribution in [3.63, 3.8) is 0 Å². The molecule has 4 N–H and O–H groups in total. The lowest BCUT2D eigenvalue weighted by molar-refractivity contribution is -0.143. The molecule has 0 radical (unpaired) electrons. The van der Waals surface area contributed by atoms with Gasteiger partial charge in [0, 0.05) is 10.2 Å². The molecule has 0 aromatic heterocycles. The first kappa shape index (κ1) is 13.5. The first-order valence-corrected chi connectivity index (χ1v) is 5.64. The van der Waals surface area contributed by atoms with E-state index in [0.29, 0.717) is 15.7 Å². The maximum Gasteiger partial charge on any atom is 0.328 e. The third-order valence-corrected chi connectivity index (χ3v) is 2.89. The highest BCUT2D eigenvalue weighted by molar-refractivity contribution is 9.10. The van der Waals surface area contributed by atoms with Gasteiger partial charge in [0.05, 0.1) is 5.56 Å². The van der Waals surface area contributed by atoms with Crippen LogP contribution >= 0.6 is 15.9 Å². The average Bonchev–Trinajstić information content (AvgIpc) is 2.20. The molecule has 6 heteroatoms. The van der Waals surface area contributed by atoms with E-state index >= 15 is 0 Å². The number of nitrogen functional groups attached to an aromatic ring is 1. The average molecular weight is 301 g/mol. The molecular formula is C11H13BrN2O3. The monoisotopic (exact) mass is 300 g/mol. The van der Waals surface area contributed by atoms with E-state index in [2.05, 4.69) is 21.2 Å². The molecule has 0 heterocycles. The van der Waals surface area contributed by atoms with Crippen LogP contribution in [-0.4, -0.2) is 22.5 Å². The van der Waals surface area contributed by atoms with Gasteiger partial charge in [0.25, 0.3) is 5.91 Å². The van der Waals surface area contributed by atoms with Gasteiger partial charge in [-0.3, -0.25) is 4.79 Å². The molecule has 0 aliphatic rings. The van der Waals surface area contributed by atoms with Gasteiger partial charge < -0.3 is 16.2 Å². The quantitative estimate of drug-likeness (QED) is 0.740. The van der Waals surface area contributed by atoms with Crippen LogP contribution in [0.1, 0.15) is 24.2 Å². The number of nitrogens with one attached hydrogen (secondary N) is 1. The second kappa shape index (κ2) is 4.75. The van der Waals surface area contributed by atoms with Crippen molar-refractivity contribution in [1.82, 2.24) is 5.32 Å². The molecule has 1 aromatic rings. The second-order valence-electron chi connectivity index (χ2n) is 4.12. The zero-order valence-electron chi connectivity index (χ0n) is 9.45. The molecule has 0 unspecified atom stereocenters. The fourth-order valence-corrected chi connectivity index (χ4v) is 1.55. The highest BCUT2D eigenvalue weighted by Gasteiger charge is 2.29. The Morgan fingerprint density at radius 2 is 2.00 bits per heavy atom. The van der Waals surface area contributed by atoms with Crippen LogP contribution in [0.3, 0.4) is 0 Å². The third-order valence-electron chi connectivity index (χ3n) is 2.20. The van der Waals surface area contributed by atoms with Crippen LogP contribution in [0.25, 0.3) is 0 Å². The van der Waals surface area contributed by atoms with E-state index in [9.17, 15) is 9.59 Å². The lowest BCUT2D eigenvalue weighted by Crippen LogP contribution is -2.49. The largest absolute Gasteiger partial charge is 0.480 e. The van der Waals surface area contributed by atoms with Crippen LogP contribution in [0.15, 0.2) is 22.7 Å². The number of carboxylic acid groups (broad SMARTS) is 1. The minimum absolute atomic E-state index is 0.305. The van der Waals surface area contributed by atoms with Crippen molar-refractivity contribution in [3.05, 3.63) is 28.2 Å². The summed E-state index contributed by atoms with van der Waals surface area (Å²) >= 11 is 3.21. The summed E-state index contributed by atoms with van der Waals surface area (Å²) in [5.41, 5.74) is 4.98. The molecule has 1 amide bonds. The number of benzene rings is 1. The molecule has 1 rings (SSSR count). The van der Waals surface area contributed by atoms with Crippen LogP contribution < -0.4 is 11.1 Å².